The van der Waals surface area contributed by atoms with Crippen molar-refractivity contribution in [2.24, 2.45) is 17.3 Å². The number of nitrogens with zero attached hydrogens (tertiary/aromatic N) is 4. The zero-order valence-corrected chi connectivity index (χ0v) is 20.8. The lowest BCUT2D eigenvalue weighted by Crippen LogP contribution is -2.52. The van der Waals surface area contributed by atoms with Gasteiger partial charge in [0.1, 0.15) is 11.6 Å². The van der Waals surface area contributed by atoms with E-state index in [0.717, 1.165) is 82.0 Å². The molecule has 5 nitrogen and oxygen atoms in total. The van der Waals surface area contributed by atoms with Crippen LogP contribution in [0.15, 0.2) is 6.07 Å². The average molecular weight is 429 g/mol. The highest BCUT2D eigenvalue weighted by Crippen LogP contribution is 2.41. The Kier molecular flexibility index (Phi) is 7.98. The number of aryl methyl sites for hydroxylation is 1. The fraction of sp³-hybridized carbons (Fsp3) is 0.808. The van der Waals surface area contributed by atoms with Crippen molar-refractivity contribution in [2.75, 3.05) is 31.1 Å². The number of aromatic nitrogens is 2. The molecule has 0 bridgehead atoms. The van der Waals surface area contributed by atoms with E-state index in [9.17, 15) is 4.79 Å². The summed E-state index contributed by atoms with van der Waals surface area (Å²) in [4.78, 5) is 27.4. The van der Waals surface area contributed by atoms with Gasteiger partial charge in [0.2, 0.25) is 5.91 Å². The molecule has 2 fully saturated rings. The van der Waals surface area contributed by atoms with Gasteiger partial charge in [-0.1, -0.05) is 41.0 Å². The average Bonchev–Trinajstić information content (AvgIpc) is 2.77. The van der Waals surface area contributed by atoms with E-state index in [1.54, 1.807) is 0 Å². The van der Waals surface area contributed by atoms with Crippen molar-refractivity contribution in [3.8, 4) is 0 Å². The first kappa shape index (κ1) is 24.0. The van der Waals surface area contributed by atoms with Crippen LogP contribution < -0.4 is 4.90 Å². The molecule has 1 amide bonds. The van der Waals surface area contributed by atoms with Gasteiger partial charge in [0, 0.05) is 49.8 Å². The Labute approximate surface area is 190 Å². The summed E-state index contributed by atoms with van der Waals surface area (Å²) in [5, 5.41) is 0. The van der Waals surface area contributed by atoms with Gasteiger partial charge in [-0.25, -0.2) is 9.97 Å². The number of rotatable bonds is 7. The fourth-order valence-electron chi connectivity index (χ4n) is 5.34. The van der Waals surface area contributed by atoms with Crippen LogP contribution in [0.4, 0.5) is 5.82 Å². The summed E-state index contributed by atoms with van der Waals surface area (Å²) in [6.45, 7) is 17.0. The molecule has 0 aliphatic carbocycles. The van der Waals surface area contributed by atoms with E-state index in [4.69, 9.17) is 4.98 Å². The molecule has 3 unspecified atom stereocenters. The second kappa shape index (κ2) is 10.3. The highest BCUT2D eigenvalue weighted by Gasteiger charge is 2.40. The first-order chi connectivity index (χ1) is 14.8. The Hall–Kier alpha value is -1.65. The van der Waals surface area contributed by atoms with Crippen LogP contribution in [0, 0.1) is 24.2 Å². The van der Waals surface area contributed by atoms with Crippen molar-refractivity contribution in [3.05, 3.63) is 17.6 Å². The summed E-state index contributed by atoms with van der Waals surface area (Å²) in [5.74, 6) is 3.60. The van der Waals surface area contributed by atoms with E-state index in [-0.39, 0.29) is 5.92 Å². The molecule has 3 heterocycles. The van der Waals surface area contributed by atoms with Crippen LogP contribution in [-0.2, 0) is 4.79 Å². The van der Waals surface area contributed by atoms with Crippen molar-refractivity contribution in [2.45, 2.75) is 92.4 Å². The molecule has 2 saturated heterocycles. The molecule has 1 aromatic rings. The lowest BCUT2D eigenvalue weighted by atomic mass is 9.72. The molecule has 0 saturated carbocycles. The van der Waals surface area contributed by atoms with Gasteiger partial charge in [-0.05, 0) is 56.8 Å². The van der Waals surface area contributed by atoms with Crippen LogP contribution >= 0.6 is 0 Å². The molecule has 1 aromatic heterocycles. The lowest BCUT2D eigenvalue weighted by molar-refractivity contribution is -0.139. The summed E-state index contributed by atoms with van der Waals surface area (Å²) in [6, 6.07) is 2.14. The van der Waals surface area contributed by atoms with E-state index >= 15 is 0 Å². The zero-order valence-electron chi connectivity index (χ0n) is 20.8. The minimum Gasteiger partial charge on any atom is -0.356 e. The van der Waals surface area contributed by atoms with Crippen LogP contribution in [0.3, 0.4) is 0 Å². The molecule has 31 heavy (non-hydrogen) atoms. The molecule has 2 aliphatic heterocycles. The smallest absolute Gasteiger partial charge is 0.225 e. The van der Waals surface area contributed by atoms with E-state index in [2.05, 4.69) is 62.4 Å². The van der Waals surface area contributed by atoms with Gasteiger partial charge in [0.05, 0.1) is 0 Å². The number of hydrogen-bond donors (Lipinski definition) is 0. The van der Waals surface area contributed by atoms with Crippen LogP contribution in [0.5, 0.6) is 0 Å². The highest BCUT2D eigenvalue weighted by molar-refractivity contribution is 5.78. The van der Waals surface area contributed by atoms with Gasteiger partial charge < -0.3 is 9.80 Å². The van der Waals surface area contributed by atoms with Gasteiger partial charge in [-0.15, -0.1) is 0 Å². The maximum Gasteiger partial charge on any atom is 0.225 e. The van der Waals surface area contributed by atoms with Crippen LogP contribution in [0.1, 0.15) is 97.0 Å². The molecule has 0 aromatic carbocycles. The van der Waals surface area contributed by atoms with Crippen molar-refractivity contribution in [1.82, 2.24) is 14.9 Å². The third-order valence-electron chi connectivity index (χ3n) is 7.91. The SMILES string of the molecule is CCC(C)CC(C)C(=O)N1CCCC2(CCN(c3cc(C)nc(C(C)CC)n3)CC2)C1. The molecular weight excluding hydrogens is 384 g/mol. The molecule has 3 atom stereocenters. The van der Waals surface area contributed by atoms with Crippen LogP contribution in [-0.4, -0.2) is 47.0 Å². The topological polar surface area (TPSA) is 49.3 Å². The fourth-order valence-corrected chi connectivity index (χ4v) is 5.34. The highest BCUT2D eigenvalue weighted by atomic mass is 16.2. The second-order valence-electron chi connectivity index (χ2n) is 10.5. The number of piperidine rings is 2. The van der Waals surface area contributed by atoms with E-state index in [1.807, 2.05) is 0 Å². The molecule has 5 heteroatoms. The maximum absolute atomic E-state index is 13.1. The largest absolute Gasteiger partial charge is 0.356 e. The first-order valence-electron chi connectivity index (χ1n) is 12.7. The van der Waals surface area contributed by atoms with Gasteiger partial charge in [-0.2, -0.15) is 0 Å². The van der Waals surface area contributed by atoms with Crippen molar-refractivity contribution in [3.63, 3.8) is 0 Å². The third kappa shape index (κ3) is 5.78. The van der Waals surface area contributed by atoms with Crippen molar-refractivity contribution in [1.29, 1.82) is 0 Å². The number of hydrogen-bond acceptors (Lipinski definition) is 4. The van der Waals surface area contributed by atoms with E-state index in [0.29, 0.717) is 23.2 Å². The van der Waals surface area contributed by atoms with Crippen LogP contribution in [0.2, 0.25) is 0 Å². The Morgan fingerprint density at radius 3 is 2.42 bits per heavy atom. The van der Waals surface area contributed by atoms with Gasteiger partial charge >= 0.3 is 0 Å². The van der Waals surface area contributed by atoms with E-state index in [1.165, 1.54) is 6.42 Å². The predicted octanol–water partition coefficient (Wildman–Crippen LogP) is 5.58. The normalized spacial score (nSPS) is 21.7. The second-order valence-corrected chi connectivity index (χ2v) is 10.5. The molecule has 0 N–H and O–H groups in total. The minimum atomic E-state index is 0.146. The predicted molar refractivity (Wildman–Crippen MR) is 128 cm³/mol. The zero-order chi connectivity index (χ0) is 22.6. The maximum atomic E-state index is 13.1. The number of amides is 1. The molecule has 1 spiro atoms. The Balaban J connectivity index is 1.63. The Morgan fingerprint density at radius 2 is 1.77 bits per heavy atom. The summed E-state index contributed by atoms with van der Waals surface area (Å²) < 4.78 is 0. The van der Waals surface area contributed by atoms with Crippen LogP contribution in [0.25, 0.3) is 0 Å². The summed E-state index contributed by atoms with van der Waals surface area (Å²) in [7, 11) is 0. The number of carbonyl (C=O) groups is 1. The molecule has 3 rings (SSSR count). The van der Waals surface area contributed by atoms with E-state index < -0.39 is 0 Å². The lowest BCUT2D eigenvalue weighted by Gasteiger charge is -2.48. The molecule has 2 aliphatic rings. The number of likely N-dealkylation sites (tertiary alicyclic amines) is 1. The monoisotopic (exact) mass is 428 g/mol. The number of anilines is 1. The van der Waals surface area contributed by atoms with Crippen molar-refractivity contribution < 1.29 is 4.79 Å². The molecular formula is C26H44N4O. The summed E-state index contributed by atoms with van der Waals surface area (Å²) >= 11 is 0. The minimum absolute atomic E-state index is 0.146. The van der Waals surface area contributed by atoms with Crippen molar-refractivity contribution >= 4 is 11.7 Å². The third-order valence-corrected chi connectivity index (χ3v) is 7.91. The number of carbonyl (C=O) groups excluding carboxylic acids is 1. The Bertz CT molecular complexity index is 741. The van der Waals surface area contributed by atoms with Gasteiger partial charge in [-0.3, -0.25) is 4.79 Å². The first-order valence-corrected chi connectivity index (χ1v) is 12.7. The summed E-state index contributed by atoms with van der Waals surface area (Å²) in [5.41, 5.74) is 1.35. The van der Waals surface area contributed by atoms with Gasteiger partial charge in [0.15, 0.2) is 0 Å². The molecule has 174 valence electrons. The molecule has 0 radical (unpaired) electrons. The summed E-state index contributed by atoms with van der Waals surface area (Å²) in [6.07, 6.45) is 7.93. The quantitative estimate of drug-likeness (QED) is 0.569. The van der Waals surface area contributed by atoms with Gasteiger partial charge in [0.25, 0.3) is 0 Å². The standard InChI is InChI=1S/C26H44N4O/c1-7-19(3)16-21(5)25(31)30-13-9-10-26(18-30)11-14-29(15-12-26)23-17-22(6)27-24(28-23)20(4)8-2/h17,19-21H,7-16,18H2,1-6H3. The Morgan fingerprint density at radius 1 is 1.06 bits per heavy atom.